The van der Waals surface area contributed by atoms with Gasteiger partial charge >= 0.3 is 0 Å². The third-order valence-corrected chi connectivity index (χ3v) is 2.50. The molecule has 5 heteroatoms. The van der Waals surface area contributed by atoms with Crippen molar-refractivity contribution in [3.05, 3.63) is 29.6 Å². The Labute approximate surface area is 107 Å². The first-order chi connectivity index (χ1) is 8.52. The first-order valence-electron chi connectivity index (χ1n) is 5.91. The Morgan fingerprint density at radius 2 is 2.22 bits per heavy atom. The molecule has 0 aromatic heterocycles. The lowest BCUT2D eigenvalue weighted by molar-refractivity contribution is -0.118. The lowest BCUT2D eigenvalue weighted by atomic mass is 10.1. The molecule has 0 fully saturated rings. The Kier molecular flexibility index (Phi) is 5.58. The number of hydrogen-bond acceptors (Lipinski definition) is 3. The highest BCUT2D eigenvalue weighted by molar-refractivity contribution is 5.75. The molecule has 0 aliphatic carbocycles. The number of carbonyl (C=O) groups excluding carboxylic acids is 1. The number of amides is 1. The summed E-state index contributed by atoms with van der Waals surface area (Å²) in [6, 6.07) is 4.91. The molecule has 0 aliphatic rings. The molecule has 4 nitrogen and oxygen atoms in total. The summed E-state index contributed by atoms with van der Waals surface area (Å²) in [5.41, 5.74) is 5.95. The zero-order chi connectivity index (χ0) is 13.5. The highest BCUT2D eigenvalue weighted by atomic mass is 19.1. The van der Waals surface area contributed by atoms with Crippen LogP contribution in [-0.2, 0) is 11.2 Å². The fraction of sp³-hybridized carbons (Fsp3) is 0.462. The third-order valence-electron chi connectivity index (χ3n) is 2.50. The summed E-state index contributed by atoms with van der Waals surface area (Å²) in [7, 11) is 1.80. The van der Waals surface area contributed by atoms with Gasteiger partial charge in [0.1, 0.15) is 0 Å². The van der Waals surface area contributed by atoms with Crippen molar-refractivity contribution < 1.29 is 13.9 Å². The average molecular weight is 254 g/mol. The van der Waals surface area contributed by atoms with E-state index in [0.717, 1.165) is 5.56 Å². The van der Waals surface area contributed by atoms with Gasteiger partial charge in [0.2, 0.25) is 5.91 Å². The van der Waals surface area contributed by atoms with Gasteiger partial charge in [0.15, 0.2) is 11.6 Å². The van der Waals surface area contributed by atoms with E-state index in [-0.39, 0.29) is 24.0 Å². The highest BCUT2D eigenvalue weighted by Gasteiger charge is 2.06. The van der Waals surface area contributed by atoms with Gasteiger partial charge in [0.25, 0.3) is 0 Å². The van der Waals surface area contributed by atoms with Gasteiger partial charge in [0, 0.05) is 6.54 Å². The maximum Gasteiger partial charge on any atom is 0.231 e. The quantitative estimate of drug-likeness (QED) is 0.795. The maximum atomic E-state index is 13.6. The van der Waals surface area contributed by atoms with Crippen LogP contribution in [0.4, 0.5) is 4.39 Å². The summed E-state index contributed by atoms with van der Waals surface area (Å²) in [6.45, 7) is 3.11. The SMILES string of the molecule is CCOc1ccc(CCN(C)CC(N)=O)cc1F. The molecule has 0 unspecified atom stereocenters. The van der Waals surface area contributed by atoms with Crippen LogP contribution < -0.4 is 10.5 Å². The molecular formula is C13H19FN2O2. The van der Waals surface area contributed by atoms with Crippen molar-refractivity contribution in [3.8, 4) is 5.75 Å². The zero-order valence-corrected chi connectivity index (χ0v) is 10.8. The monoisotopic (exact) mass is 254 g/mol. The normalized spacial score (nSPS) is 10.7. The second-order valence-electron chi connectivity index (χ2n) is 4.15. The molecule has 1 aromatic rings. The molecular weight excluding hydrogens is 235 g/mol. The van der Waals surface area contributed by atoms with E-state index in [4.69, 9.17) is 10.5 Å². The number of rotatable bonds is 7. The van der Waals surface area contributed by atoms with Crippen molar-refractivity contribution in [1.82, 2.24) is 4.90 Å². The Balaban J connectivity index is 2.53. The lowest BCUT2D eigenvalue weighted by Gasteiger charge is -2.14. The van der Waals surface area contributed by atoms with Crippen LogP contribution in [0.5, 0.6) is 5.75 Å². The molecule has 2 N–H and O–H groups in total. The molecule has 0 radical (unpaired) electrons. The molecule has 1 aromatic carbocycles. The predicted octanol–water partition coefficient (Wildman–Crippen LogP) is 1.18. The standard InChI is InChI=1S/C13H19FN2O2/c1-3-18-12-5-4-10(8-11(12)14)6-7-16(2)9-13(15)17/h4-5,8H,3,6-7,9H2,1-2H3,(H2,15,17). The first-order valence-corrected chi connectivity index (χ1v) is 5.91. The summed E-state index contributed by atoms with van der Waals surface area (Å²) in [4.78, 5) is 12.5. The van der Waals surface area contributed by atoms with Crippen LogP contribution in [0.25, 0.3) is 0 Å². The van der Waals surface area contributed by atoms with Crippen molar-refractivity contribution in [1.29, 1.82) is 0 Å². The van der Waals surface area contributed by atoms with Gasteiger partial charge in [0.05, 0.1) is 13.2 Å². The van der Waals surface area contributed by atoms with Crippen LogP contribution in [0, 0.1) is 5.82 Å². The molecule has 0 aliphatic heterocycles. The van der Waals surface area contributed by atoms with Crippen LogP contribution in [0.3, 0.4) is 0 Å². The van der Waals surface area contributed by atoms with Crippen LogP contribution in [0.15, 0.2) is 18.2 Å². The van der Waals surface area contributed by atoms with Crippen molar-refractivity contribution in [2.24, 2.45) is 5.73 Å². The summed E-state index contributed by atoms with van der Waals surface area (Å²) in [5.74, 6) is -0.450. The van der Waals surface area contributed by atoms with Gasteiger partial charge in [-0.25, -0.2) is 4.39 Å². The van der Waals surface area contributed by atoms with E-state index >= 15 is 0 Å². The molecule has 0 heterocycles. The van der Waals surface area contributed by atoms with E-state index in [1.54, 1.807) is 18.0 Å². The number of nitrogens with two attached hydrogens (primary N) is 1. The number of likely N-dealkylation sites (N-methyl/N-ethyl adjacent to an activating group) is 1. The summed E-state index contributed by atoms with van der Waals surface area (Å²) in [5, 5.41) is 0. The summed E-state index contributed by atoms with van der Waals surface area (Å²) in [6.07, 6.45) is 0.660. The Morgan fingerprint density at radius 3 is 2.78 bits per heavy atom. The molecule has 0 saturated carbocycles. The Bertz CT molecular complexity index is 410. The minimum Gasteiger partial charge on any atom is -0.491 e. The van der Waals surface area contributed by atoms with E-state index < -0.39 is 0 Å². The molecule has 1 rings (SSSR count). The minimum atomic E-state index is -0.365. The largest absolute Gasteiger partial charge is 0.491 e. The van der Waals surface area contributed by atoms with Gasteiger partial charge in [-0.15, -0.1) is 0 Å². The fourth-order valence-electron chi connectivity index (χ4n) is 1.64. The maximum absolute atomic E-state index is 13.6. The van der Waals surface area contributed by atoms with Crippen molar-refractivity contribution >= 4 is 5.91 Å². The van der Waals surface area contributed by atoms with Crippen LogP contribution in [0.1, 0.15) is 12.5 Å². The number of ether oxygens (including phenoxy) is 1. The second kappa shape index (κ2) is 6.96. The van der Waals surface area contributed by atoms with Gasteiger partial charge < -0.3 is 10.5 Å². The first kappa shape index (κ1) is 14.4. The van der Waals surface area contributed by atoms with Gasteiger partial charge in [-0.1, -0.05) is 6.07 Å². The van der Waals surface area contributed by atoms with E-state index in [9.17, 15) is 9.18 Å². The van der Waals surface area contributed by atoms with Gasteiger partial charge in [-0.2, -0.15) is 0 Å². The molecule has 18 heavy (non-hydrogen) atoms. The molecule has 0 bridgehead atoms. The van der Waals surface area contributed by atoms with Crippen LogP contribution in [-0.4, -0.2) is 37.6 Å². The molecule has 0 saturated heterocycles. The summed E-state index contributed by atoms with van der Waals surface area (Å²) < 4.78 is 18.7. The van der Waals surface area contributed by atoms with E-state index in [1.165, 1.54) is 6.07 Å². The summed E-state index contributed by atoms with van der Waals surface area (Å²) >= 11 is 0. The van der Waals surface area contributed by atoms with Crippen LogP contribution in [0.2, 0.25) is 0 Å². The van der Waals surface area contributed by atoms with Crippen molar-refractivity contribution in [2.75, 3.05) is 26.7 Å². The number of halogens is 1. The van der Waals surface area contributed by atoms with Crippen molar-refractivity contribution in [2.45, 2.75) is 13.3 Å². The smallest absolute Gasteiger partial charge is 0.231 e. The third kappa shape index (κ3) is 4.71. The fourth-order valence-corrected chi connectivity index (χ4v) is 1.64. The van der Waals surface area contributed by atoms with Gasteiger partial charge in [-0.05, 0) is 38.1 Å². The highest BCUT2D eigenvalue weighted by Crippen LogP contribution is 2.18. The molecule has 1 amide bonds. The number of carbonyl (C=O) groups is 1. The Morgan fingerprint density at radius 1 is 1.50 bits per heavy atom. The molecule has 0 atom stereocenters. The lowest BCUT2D eigenvalue weighted by Crippen LogP contribution is -2.32. The van der Waals surface area contributed by atoms with E-state index in [1.807, 2.05) is 13.0 Å². The predicted molar refractivity (Wildman–Crippen MR) is 68.0 cm³/mol. The second-order valence-corrected chi connectivity index (χ2v) is 4.15. The number of primary amides is 1. The van der Waals surface area contributed by atoms with Gasteiger partial charge in [-0.3, -0.25) is 9.69 Å². The number of nitrogens with zero attached hydrogens (tertiary/aromatic N) is 1. The average Bonchev–Trinajstić information content (AvgIpc) is 2.29. The topological polar surface area (TPSA) is 55.6 Å². The zero-order valence-electron chi connectivity index (χ0n) is 10.8. The van der Waals surface area contributed by atoms with E-state index in [0.29, 0.717) is 19.6 Å². The van der Waals surface area contributed by atoms with E-state index in [2.05, 4.69) is 0 Å². The minimum absolute atomic E-state index is 0.208. The van der Waals surface area contributed by atoms with Crippen LogP contribution >= 0.6 is 0 Å². The number of benzene rings is 1. The number of hydrogen-bond donors (Lipinski definition) is 1. The Hall–Kier alpha value is -1.62. The molecule has 0 spiro atoms. The molecule has 100 valence electrons. The van der Waals surface area contributed by atoms with Crippen molar-refractivity contribution in [3.63, 3.8) is 0 Å².